The van der Waals surface area contributed by atoms with Crippen LogP contribution in [0.2, 0.25) is 0 Å². The predicted octanol–water partition coefficient (Wildman–Crippen LogP) is 4.78. The van der Waals surface area contributed by atoms with E-state index in [1.807, 2.05) is 19.2 Å². The second-order valence-electron chi connectivity index (χ2n) is 8.06. The van der Waals surface area contributed by atoms with Crippen LogP contribution in [0.4, 0.5) is 4.39 Å². The number of hydrogen-bond donors (Lipinski definition) is 1. The molecular formula is C24H26FN3O. The van der Waals surface area contributed by atoms with Gasteiger partial charge in [0.2, 0.25) is 5.91 Å². The third kappa shape index (κ3) is 4.99. The molecule has 0 spiro atoms. The van der Waals surface area contributed by atoms with Crippen LogP contribution in [0.3, 0.4) is 0 Å². The van der Waals surface area contributed by atoms with E-state index < -0.39 is 6.04 Å². The molecule has 1 N–H and O–H groups in total. The maximum absolute atomic E-state index is 14.4. The highest BCUT2D eigenvalue weighted by Gasteiger charge is 2.22. The SMILES string of the molecule is Cn1ccnc1C(NC(=O)/C=C/c1ccc(C(C)(C)C)cc1)c1ccccc1F. The smallest absolute Gasteiger partial charge is 0.244 e. The second kappa shape index (κ2) is 8.43. The Kier molecular flexibility index (Phi) is 5.97. The summed E-state index contributed by atoms with van der Waals surface area (Å²) in [6.07, 6.45) is 6.60. The van der Waals surface area contributed by atoms with Crippen LogP contribution in [0.5, 0.6) is 0 Å². The molecule has 2 aromatic carbocycles. The number of rotatable bonds is 5. The van der Waals surface area contributed by atoms with Crippen molar-refractivity contribution in [3.63, 3.8) is 0 Å². The van der Waals surface area contributed by atoms with E-state index in [2.05, 4.69) is 43.2 Å². The van der Waals surface area contributed by atoms with Crippen LogP contribution in [-0.4, -0.2) is 15.5 Å². The van der Waals surface area contributed by atoms with Gasteiger partial charge in [-0.15, -0.1) is 0 Å². The molecule has 1 heterocycles. The number of carbonyl (C=O) groups is 1. The van der Waals surface area contributed by atoms with Crippen LogP contribution in [0.25, 0.3) is 6.08 Å². The normalized spacial score (nSPS) is 12.9. The van der Waals surface area contributed by atoms with Gasteiger partial charge in [-0.05, 0) is 28.7 Å². The van der Waals surface area contributed by atoms with Crippen LogP contribution in [0.15, 0.2) is 67.0 Å². The van der Waals surface area contributed by atoms with Gasteiger partial charge in [-0.2, -0.15) is 0 Å². The van der Waals surface area contributed by atoms with E-state index in [9.17, 15) is 9.18 Å². The average Bonchev–Trinajstić information content (AvgIpc) is 3.10. The third-order valence-electron chi connectivity index (χ3n) is 4.82. The highest BCUT2D eigenvalue weighted by Crippen LogP contribution is 2.24. The zero-order valence-corrected chi connectivity index (χ0v) is 17.2. The van der Waals surface area contributed by atoms with Gasteiger partial charge in [0.1, 0.15) is 17.7 Å². The highest BCUT2D eigenvalue weighted by atomic mass is 19.1. The Morgan fingerprint density at radius 1 is 1.14 bits per heavy atom. The van der Waals surface area contributed by atoms with Crippen molar-refractivity contribution in [3.8, 4) is 0 Å². The molecule has 1 unspecified atom stereocenters. The summed E-state index contributed by atoms with van der Waals surface area (Å²) in [6.45, 7) is 6.48. The predicted molar refractivity (Wildman–Crippen MR) is 114 cm³/mol. The Bertz CT molecular complexity index is 1010. The van der Waals surface area contributed by atoms with Gasteiger partial charge in [0.15, 0.2) is 0 Å². The van der Waals surface area contributed by atoms with Gasteiger partial charge < -0.3 is 9.88 Å². The quantitative estimate of drug-likeness (QED) is 0.637. The summed E-state index contributed by atoms with van der Waals surface area (Å²) in [5, 5.41) is 2.87. The summed E-state index contributed by atoms with van der Waals surface area (Å²) in [4.78, 5) is 16.9. The van der Waals surface area contributed by atoms with Crippen molar-refractivity contribution in [2.24, 2.45) is 7.05 Å². The van der Waals surface area contributed by atoms with Gasteiger partial charge in [-0.25, -0.2) is 9.37 Å². The van der Waals surface area contributed by atoms with Crippen LogP contribution < -0.4 is 5.32 Å². The Morgan fingerprint density at radius 2 is 1.83 bits per heavy atom. The summed E-state index contributed by atoms with van der Waals surface area (Å²) in [5.74, 6) is -0.143. The Hall–Kier alpha value is -3.21. The Balaban J connectivity index is 1.80. The fourth-order valence-electron chi connectivity index (χ4n) is 3.10. The Morgan fingerprint density at radius 3 is 2.41 bits per heavy atom. The lowest BCUT2D eigenvalue weighted by atomic mass is 9.87. The zero-order chi connectivity index (χ0) is 21.0. The lowest BCUT2D eigenvalue weighted by molar-refractivity contribution is -0.117. The molecule has 0 bridgehead atoms. The molecule has 3 rings (SSSR count). The molecule has 5 heteroatoms. The topological polar surface area (TPSA) is 46.9 Å². The van der Waals surface area contributed by atoms with Gasteiger partial charge in [0.05, 0.1) is 0 Å². The van der Waals surface area contributed by atoms with Gasteiger partial charge in [-0.3, -0.25) is 4.79 Å². The van der Waals surface area contributed by atoms with Gasteiger partial charge in [0.25, 0.3) is 0 Å². The first-order valence-corrected chi connectivity index (χ1v) is 9.56. The largest absolute Gasteiger partial charge is 0.338 e. The number of benzene rings is 2. The van der Waals surface area contributed by atoms with Crippen molar-refractivity contribution in [2.75, 3.05) is 0 Å². The molecule has 0 aliphatic heterocycles. The lowest BCUT2D eigenvalue weighted by Gasteiger charge is -2.19. The number of amides is 1. The van der Waals surface area contributed by atoms with Crippen LogP contribution in [-0.2, 0) is 17.3 Å². The molecule has 150 valence electrons. The summed E-state index contributed by atoms with van der Waals surface area (Å²) < 4.78 is 16.2. The van der Waals surface area contributed by atoms with E-state index in [1.54, 1.807) is 41.2 Å². The van der Waals surface area contributed by atoms with Gasteiger partial charge in [0, 0.05) is 31.1 Å². The molecule has 29 heavy (non-hydrogen) atoms. The molecule has 0 radical (unpaired) electrons. The molecule has 3 aromatic rings. The number of aryl methyl sites for hydroxylation is 1. The summed E-state index contributed by atoms with van der Waals surface area (Å²) in [5.41, 5.74) is 2.61. The molecule has 1 aromatic heterocycles. The van der Waals surface area contributed by atoms with Crippen LogP contribution >= 0.6 is 0 Å². The average molecular weight is 391 g/mol. The minimum atomic E-state index is -0.684. The monoisotopic (exact) mass is 391 g/mol. The third-order valence-corrected chi connectivity index (χ3v) is 4.82. The number of halogens is 1. The van der Waals surface area contributed by atoms with E-state index in [1.165, 1.54) is 17.7 Å². The number of imidazole rings is 1. The fraction of sp³-hybridized carbons (Fsp3) is 0.250. The van der Waals surface area contributed by atoms with E-state index in [4.69, 9.17) is 0 Å². The standard InChI is InChI=1S/C24H26FN3O/c1-24(2,3)18-12-9-17(10-13-18)11-14-21(29)27-22(23-26-15-16-28(23)4)19-7-5-6-8-20(19)25/h5-16,22H,1-4H3,(H,27,29)/b14-11+. The fourth-order valence-corrected chi connectivity index (χ4v) is 3.10. The number of nitrogens with zero attached hydrogens (tertiary/aromatic N) is 2. The molecule has 1 amide bonds. The maximum atomic E-state index is 14.4. The van der Waals surface area contributed by atoms with E-state index in [0.717, 1.165) is 5.56 Å². The van der Waals surface area contributed by atoms with E-state index >= 15 is 0 Å². The molecule has 4 nitrogen and oxygen atoms in total. The number of nitrogens with one attached hydrogen (secondary N) is 1. The number of aromatic nitrogens is 2. The number of hydrogen-bond acceptors (Lipinski definition) is 2. The molecule has 0 fully saturated rings. The van der Waals surface area contributed by atoms with Crippen LogP contribution in [0.1, 0.15) is 49.3 Å². The van der Waals surface area contributed by atoms with Crippen LogP contribution in [0, 0.1) is 5.82 Å². The zero-order valence-electron chi connectivity index (χ0n) is 17.2. The van der Waals surface area contributed by atoms with Crippen molar-refractivity contribution in [3.05, 3.63) is 95.3 Å². The van der Waals surface area contributed by atoms with Crippen molar-refractivity contribution in [1.82, 2.24) is 14.9 Å². The van der Waals surface area contributed by atoms with E-state index in [0.29, 0.717) is 11.4 Å². The number of carbonyl (C=O) groups excluding carboxylic acids is 1. The van der Waals surface area contributed by atoms with Crippen molar-refractivity contribution in [2.45, 2.75) is 32.2 Å². The molecule has 0 aliphatic rings. The molecule has 0 aliphatic carbocycles. The maximum Gasteiger partial charge on any atom is 0.244 e. The van der Waals surface area contributed by atoms with Crippen molar-refractivity contribution < 1.29 is 9.18 Å². The first-order valence-electron chi connectivity index (χ1n) is 9.56. The molecule has 0 saturated carbocycles. The molecule has 0 saturated heterocycles. The summed E-state index contributed by atoms with van der Waals surface area (Å²) in [7, 11) is 1.81. The van der Waals surface area contributed by atoms with Crippen molar-refractivity contribution in [1.29, 1.82) is 0 Å². The van der Waals surface area contributed by atoms with Crippen molar-refractivity contribution >= 4 is 12.0 Å². The Labute approximate surface area is 171 Å². The minimum absolute atomic E-state index is 0.0780. The first kappa shape index (κ1) is 20.5. The second-order valence-corrected chi connectivity index (χ2v) is 8.06. The molecule has 1 atom stereocenters. The summed E-state index contributed by atoms with van der Waals surface area (Å²) in [6, 6.07) is 13.8. The first-order chi connectivity index (χ1) is 13.8. The molecular weight excluding hydrogens is 365 g/mol. The lowest BCUT2D eigenvalue weighted by Crippen LogP contribution is -2.30. The van der Waals surface area contributed by atoms with E-state index in [-0.39, 0.29) is 17.1 Å². The van der Waals surface area contributed by atoms with Gasteiger partial charge in [-0.1, -0.05) is 63.2 Å². The highest BCUT2D eigenvalue weighted by molar-refractivity contribution is 5.92. The van der Waals surface area contributed by atoms with Gasteiger partial charge >= 0.3 is 0 Å². The minimum Gasteiger partial charge on any atom is -0.338 e. The summed E-state index contributed by atoms with van der Waals surface area (Å²) >= 11 is 0.